The van der Waals surface area contributed by atoms with Gasteiger partial charge in [-0.25, -0.2) is 19.3 Å². The Bertz CT molecular complexity index is 851. The molecule has 1 aromatic carbocycles. The number of thiazole rings is 1. The molecule has 24 heavy (non-hydrogen) atoms. The highest BCUT2D eigenvalue weighted by Crippen LogP contribution is 2.32. The fraction of sp³-hybridized carbons (Fsp3) is 0.312. The number of nitrogens with zero attached hydrogens (tertiary/aromatic N) is 3. The Hall–Kier alpha value is -2.32. The molecule has 6 nitrogen and oxygen atoms in total. The van der Waals surface area contributed by atoms with Gasteiger partial charge in [-0.1, -0.05) is 0 Å². The van der Waals surface area contributed by atoms with E-state index in [0.717, 1.165) is 24.3 Å². The quantitative estimate of drug-likeness (QED) is 0.779. The first-order chi connectivity index (χ1) is 11.8. The Balaban J connectivity index is 1.63. The zero-order chi connectivity index (χ0) is 16.4. The maximum atomic E-state index is 13.7. The summed E-state index contributed by atoms with van der Waals surface area (Å²) in [7, 11) is 0. The molecule has 3 heterocycles. The van der Waals surface area contributed by atoms with Gasteiger partial charge in [0.25, 0.3) is 0 Å². The van der Waals surface area contributed by atoms with Gasteiger partial charge in [0.05, 0.1) is 17.8 Å². The minimum Gasteiger partial charge on any atom is -0.486 e. The first kappa shape index (κ1) is 15.2. The van der Waals surface area contributed by atoms with Gasteiger partial charge >= 0.3 is 0 Å². The molecule has 8 heteroatoms. The summed E-state index contributed by atoms with van der Waals surface area (Å²) >= 11 is 1.44. The number of nitrogens with one attached hydrogen (secondary N) is 1. The third-order valence-electron chi connectivity index (χ3n) is 3.74. The van der Waals surface area contributed by atoms with Gasteiger partial charge in [0.15, 0.2) is 5.82 Å². The summed E-state index contributed by atoms with van der Waals surface area (Å²) in [6, 6.07) is 4.39. The minimum atomic E-state index is -0.353. The first-order valence-electron chi connectivity index (χ1n) is 7.65. The molecule has 1 N–H and O–H groups in total. The van der Waals surface area contributed by atoms with Crippen LogP contribution in [0.3, 0.4) is 0 Å². The molecule has 1 aliphatic heterocycles. The molecule has 1 saturated heterocycles. The molecule has 3 aromatic rings. The summed E-state index contributed by atoms with van der Waals surface area (Å²) in [6.07, 6.45) is 3.22. The van der Waals surface area contributed by atoms with E-state index in [-0.39, 0.29) is 11.9 Å². The smallest absolute Gasteiger partial charge is 0.161 e. The van der Waals surface area contributed by atoms with Crippen LogP contribution >= 0.6 is 11.3 Å². The van der Waals surface area contributed by atoms with Crippen LogP contribution in [0.25, 0.3) is 10.3 Å². The Morgan fingerprint density at radius 1 is 1.29 bits per heavy atom. The summed E-state index contributed by atoms with van der Waals surface area (Å²) in [5.74, 6) is 0.652. The molecule has 0 amide bonds. The highest BCUT2D eigenvalue weighted by molar-refractivity contribution is 7.16. The van der Waals surface area contributed by atoms with Crippen LogP contribution in [-0.4, -0.2) is 34.3 Å². The van der Waals surface area contributed by atoms with Gasteiger partial charge in [-0.2, -0.15) is 0 Å². The molecule has 124 valence electrons. The lowest BCUT2D eigenvalue weighted by Gasteiger charge is -2.24. The molecule has 1 unspecified atom stereocenters. The highest BCUT2D eigenvalue weighted by atomic mass is 32.1. The minimum absolute atomic E-state index is 0.0780. The van der Waals surface area contributed by atoms with Crippen LogP contribution in [0.15, 0.2) is 30.0 Å². The van der Waals surface area contributed by atoms with E-state index in [4.69, 9.17) is 9.47 Å². The van der Waals surface area contributed by atoms with Crippen molar-refractivity contribution in [2.75, 3.05) is 18.5 Å². The van der Waals surface area contributed by atoms with E-state index >= 15 is 0 Å². The zero-order valence-electron chi connectivity index (χ0n) is 12.7. The number of anilines is 2. The topological polar surface area (TPSA) is 69.2 Å². The second kappa shape index (κ2) is 6.66. The van der Waals surface area contributed by atoms with Crippen molar-refractivity contribution >= 4 is 33.2 Å². The number of rotatable bonds is 4. The van der Waals surface area contributed by atoms with E-state index in [0.29, 0.717) is 29.4 Å². The van der Waals surface area contributed by atoms with E-state index in [1.807, 2.05) is 0 Å². The number of ether oxygens (including phenoxy) is 2. The number of aromatic nitrogens is 3. The summed E-state index contributed by atoms with van der Waals surface area (Å²) < 4.78 is 25.0. The molecule has 1 fully saturated rings. The van der Waals surface area contributed by atoms with Crippen molar-refractivity contribution in [2.45, 2.75) is 18.9 Å². The lowest BCUT2D eigenvalue weighted by Crippen LogP contribution is -2.28. The van der Waals surface area contributed by atoms with Crippen molar-refractivity contribution in [1.29, 1.82) is 0 Å². The van der Waals surface area contributed by atoms with E-state index < -0.39 is 0 Å². The van der Waals surface area contributed by atoms with Gasteiger partial charge in [0, 0.05) is 12.7 Å². The lowest BCUT2D eigenvalue weighted by atomic mass is 10.1. The number of halogens is 1. The van der Waals surface area contributed by atoms with Crippen molar-refractivity contribution in [3.05, 3.63) is 35.9 Å². The van der Waals surface area contributed by atoms with Crippen molar-refractivity contribution < 1.29 is 13.9 Å². The fourth-order valence-corrected chi connectivity index (χ4v) is 3.22. The molecule has 4 rings (SSSR count). The molecule has 0 spiro atoms. The van der Waals surface area contributed by atoms with Gasteiger partial charge in [0.1, 0.15) is 34.3 Å². The van der Waals surface area contributed by atoms with E-state index in [9.17, 15) is 4.39 Å². The second-order valence-corrected chi connectivity index (χ2v) is 6.28. The number of benzene rings is 1. The second-order valence-electron chi connectivity index (χ2n) is 5.45. The largest absolute Gasteiger partial charge is 0.486 e. The Morgan fingerprint density at radius 2 is 2.25 bits per heavy atom. The third-order valence-corrected chi connectivity index (χ3v) is 4.48. The van der Waals surface area contributed by atoms with Crippen molar-refractivity contribution in [1.82, 2.24) is 15.0 Å². The molecule has 0 radical (unpaired) electrons. The van der Waals surface area contributed by atoms with Gasteiger partial charge < -0.3 is 14.8 Å². The van der Waals surface area contributed by atoms with Crippen LogP contribution in [0.4, 0.5) is 15.9 Å². The number of hydrogen-bond acceptors (Lipinski definition) is 7. The summed E-state index contributed by atoms with van der Waals surface area (Å²) in [5, 5.41) is 3.18. The number of hydrogen-bond donors (Lipinski definition) is 1. The van der Waals surface area contributed by atoms with Gasteiger partial charge in [-0.15, -0.1) is 11.3 Å². The maximum Gasteiger partial charge on any atom is 0.161 e. The number of fused-ring (bicyclic) bond motifs is 1. The molecular formula is C16H15FN4O2S. The van der Waals surface area contributed by atoms with Crippen LogP contribution in [0.1, 0.15) is 12.8 Å². The van der Waals surface area contributed by atoms with Crippen molar-refractivity contribution in [3.8, 4) is 5.75 Å². The maximum absolute atomic E-state index is 13.7. The molecule has 0 saturated carbocycles. The summed E-state index contributed by atoms with van der Waals surface area (Å²) in [4.78, 5) is 13.5. The average molecular weight is 346 g/mol. The normalized spacial score (nSPS) is 17.8. The van der Waals surface area contributed by atoms with Crippen LogP contribution in [0.2, 0.25) is 0 Å². The van der Waals surface area contributed by atoms with Crippen molar-refractivity contribution in [2.24, 2.45) is 0 Å². The van der Waals surface area contributed by atoms with E-state index in [1.165, 1.54) is 29.8 Å². The van der Waals surface area contributed by atoms with E-state index in [1.54, 1.807) is 11.6 Å². The Labute approximate surface area is 141 Å². The average Bonchev–Trinajstić information content (AvgIpc) is 3.08. The predicted molar refractivity (Wildman–Crippen MR) is 89.4 cm³/mol. The first-order valence-corrected chi connectivity index (χ1v) is 8.53. The van der Waals surface area contributed by atoms with Crippen LogP contribution in [-0.2, 0) is 4.74 Å². The SMILES string of the molecule is Fc1ccc(Nc2ncnc3scnc23)c(OC2CCCOC2)c1. The highest BCUT2D eigenvalue weighted by Gasteiger charge is 2.18. The van der Waals surface area contributed by atoms with Crippen LogP contribution < -0.4 is 10.1 Å². The molecule has 1 atom stereocenters. The standard InChI is InChI=1S/C16H15FN4O2S/c17-10-3-4-12(13(6-10)23-11-2-1-5-22-7-11)21-15-14-16(19-8-18-15)24-9-20-14/h3-4,6,8-9,11H,1-2,5,7H2,(H,18,19,21). The van der Waals surface area contributed by atoms with Crippen LogP contribution in [0.5, 0.6) is 5.75 Å². The fourth-order valence-electron chi connectivity index (χ4n) is 2.59. The van der Waals surface area contributed by atoms with Crippen LogP contribution in [0, 0.1) is 5.82 Å². The zero-order valence-corrected chi connectivity index (χ0v) is 13.6. The lowest BCUT2D eigenvalue weighted by molar-refractivity contribution is 0.00763. The molecule has 0 bridgehead atoms. The van der Waals surface area contributed by atoms with Gasteiger partial charge in [-0.05, 0) is 25.0 Å². The summed E-state index contributed by atoms with van der Waals surface area (Å²) in [6.45, 7) is 1.26. The molecule has 0 aliphatic carbocycles. The van der Waals surface area contributed by atoms with Gasteiger partial charge in [-0.3, -0.25) is 0 Å². The Morgan fingerprint density at radius 3 is 3.12 bits per heavy atom. The molecular weight excluding hydrogens is 331 g/mol. The molecule has 1 aliphatic rings. The molecule has 2 aromatic heterocycles. The monoisotopic (exact) mass is 346 g/mol. The predicted octanol–water partition coefficient (Wildman–Crippen LogP) is 3.53. The summed E-state index contributed by atoms with van der Waals surface area (Å²) in [5.41, 5.74) is 3.03. The van der Waals surface area contributed by atoms with Crippen molar-refractivity contribution in [3.63, 3.8) is 0 Å². The van der Waals surface area contributed by atoms with Gasteiger partial charge in [0.2, 0.25) is 0 Å². The third kappa shape index (κ3) is 3.15. The Kier molecular flexibility index (Phi) is 4.22. The van der Waals surface area contributed by atoms with E-state index in [2.05, 4.69) is 20.3 Å².